The van der Waals surface area contributed by atoms with E-state index < -0.39 is 0 Å². The zero-order valence-electron chi connectivity index (χ0n) is 16.9. The highest BCUT2D eigenvalue weighted by Gasteiger charge is 2.35. The predicted molar refractivity (Wildman–Crippen MR) is 109 cm³/mol. The molecule has 3 unspecified atom stereocenters. The fourth-order valence-corrected chi connectivity index (χ4v) is 4.59. The van der Waals surface area contributed by atoms with Gasteiger partial charge in [-0.25, -0.2) is 0 Å². The Balaban J connectivity index is 0.00000117. The largest absolute Gasteiger partial charge is 0.378 e. The Morgan fingerprint density at radius 2 is 2.08 bits per heavy atom. The van der Waals surface area contributed by atoms with Crippen molar-refractivity contribution >= 4 is 11.6 Å². The number of rotatable bonds is 4. The molecule has 0 bridgehead atoms. The lowest BCUT2D eigenvalue weighted by molar-refractivity contribution is 0.0513. The van der Waals surface area contributed by atoms with Crippen molar-refractivity contribution in [1.82, 2.24) is 4.90 Å². The van der Waals surface area contributed by atoms with Crippen molar-refractivity contribution in [3.8, 4) is 6.07 Å². The van der Waals surface area contributed by atoms with E-state index in [-0.39, 0.29) is 0 Å². The van der Waals surface area contributed by atoms with E-state index in [0.29, 0.717) is 29.1 Å². The minimum Gasteiger partial charge on any atom is -0.378 e. The zero-order valence-corrected chi connectivity index (χ0v) is 17.6. The Kier molecular flexibility index (Phi) is 7.95. The maximum atomic E-state index is 9.34. The molecule has 0 saturated carbocycles. The summed E-state index contributed by atoms with van der Waals surface area (Å²) in [6, 6.07) is 7.33. The third-order valence-electron chi connectivity index (χ3n) is 5.45. The summed E-state index contributed by atoms with van der Waals surface area (Å²) in [6.07, 6.45) is 4.64. The second-order valence-electron chi connectivity index (χ2n) is 7.63. The number of nitrogens with zero attached hydrogens (tertiary/aromatic N) is 2. The van der Waals surface area contributed by atoms with Gasteiger partial charge >= 0.3 is 0 Å². The molecule has 1 saturated heterocycles. The van der Waals surface area contributed by atoms with E-state index in [1.54, 1.807) is 6.07 Å². The Morgan fingerprint density at radius 1 is 1.35 bits per heavy atom. The SMILES string of the molecule is CC.CC(C)OCC1CC(C)N(C2CCc3c(C#N)cc(Cl)cc3C2)C1. The summed E-state index contributed by atoms with van der Waals surface area (Å²) in [5, 5.41) is 10.0. The summed E-state index contributed by atoms with van der Waals surface area (Å²) in [7, 11) is 0. The van der Waals surface area contributed by atoms with Gasteiger partial charge in [0.15, 0.2) is 0 Å². The first-order chi connectivity index (χ1) is 12.5. The van der Waals surface area contributed by atoms with Crippen LogP contribution in [0.1, 0.15) is 64.2 Å². The minimum atomic E-state index is 0.308. The number of nitriles is 1. The van der Waals surface area contributed by atoms with Crippen LogP contribution in [0, 0.1) is 17.2 Å². The Labute approximate surface area is 164 Å². The van der Waals surface area contributed by atoms with Gasteiger partial charge in [-0.05, 0) is 75.6 Å². The van der Waals surface area contributed by atoms with E-state index >= 15 is 0 Å². The molecule has 26 heavy (non-hydrogen) atoms. The number of fused-ring (bicyclic) bond motifs is 1. The monoisotopic (exact) mass is 376 g/mol. The molecule has 0 aromatic heterocycles. The summed E-state index contributed by atoms with van der Waals surface area (Å²) in [6.45, 7) is 12.5. The van der Waals surface area contributed by atoms with Crippen molar-refractivity contribution < 1.29 is 4.74 Å². The van der Waals surface area contributed by atoms with Gasteiger partial charge in [-0.1, -0.05) is 25.4 Å². The van der Waals surface area contributed by atoms with Crippen LogP contribution < -0.4 is 0 Å². The Bertz CT molecular complexity index is 638. The average molecular weight is 377 g/mol. The molecule has 1 aliphatic heterocycles. The third-order valence-corrected chi connectivity index (χ3v) is 5.67. The van der Waals surface area contributed by atoms with E-state index in [2.05, 4.69) is 37.8 Å². The number of hydrogen-bond acceptors (Lipinski definition) is 3. The Morgan fingerprint density at radius 3 is 2.73 bits per heavy atom. The molecule has 0 N–H and O–H groups in total. The molecule has 3 rings (SSSR count). The van der Waals surface area contributed by atoms with Crippen LogP contribution in [-0.4, -0.2) is 36.2 Å². The van der Waals surface area contributed by atoms with Crippen molar-refractivity contribution in [2.45, 2.75) is 78.5 Å². The molecular formula is C22H33ClN2O. The van der Waals surface area contributed by atoms with Crippen LogP contribution in [0.25, 0.3) is 0 Å². The summed E-state index contributed by atoms with van der Waals surface area (Å²) in [5.41, 5.74) is 3.24. The lowest BCUT2D eigenvalue weighted by Crippen LogP contribution is -2.41. The maximum absolute atomic E-state index is 9.34. The summed E-state index contributed by atoms with van der Waals surface area (Å²) >= 11 is 6.21. The summed E-state index contributed by atoms with van der Waals surface area (Å²) < 4.78 is 5.83. The van der Waals surface area contributed by atoms with Crippen molar-refractivity contribution in [2.24, 2.45) is 5.92 Å². The van der Waals surface area contributed by atoms with E-state index in [4.69, 9.17) is 16.3 Å². The lowest BCUT2D eigenvalue weighted by atomic mass is 9.85. The fraction of sp³-hybridized carbons (Fsp3) is 0.682. The van der Waals surface area contributed by atoms with Crippen LogP contribution >= 0.6 is 11.6 Å². The predicted octanol–water partition coefficient (Wildman–Crippen LogP) is 5.23. The lowest BCUT2D eigenvalue weighted by Gasteiger charge is -2.35. The van der Waals surface area contributed by atoms with Crippen molar-refractivity contribution in [3.05, 3.63) is 33.8 Å². The number of hydrogen-bond donors (Lipinski definition) is 0. The molecule has 1 aromatic carbocycles. The first-order valence-corrected chi connectivity index (χ1v) is 10.4. The summed E-state index contributed by atoms with van der Waals surface area (Å²) in [5.74, 6) is 0.637. The van der Waals surface area contributed by atoms with Gasteiger partial charge in [-0.2, -0.15) is 5.26 Å². The molecule has 3 atom stereocenters. The highest BCUT2D eigenvalue weighted by molar-refractivity contribution is 6.30. The van der Waals surface area contributed by atoms with Gasteiger partial charge in [0.25, 0.3) is 0 Å². The highest BCUT2D eigenvalue weighted by atomic mass is 35.5. The van der Waals surface area contributed by atoms with Gasteiger partial charge in [0, 0.05) is 23.7 Å². The molecule has 1 aromatic rings. The Hall–Kier alpha value is -1.08. The maximum Gasteiger partial charge on any atom is 0.0995 e. The molecule has 2 aliphatic rings. The molecule has 1 fully saturated rings. The zero-order chi connectivity index (χ0) is 19.3. The van der Waals surface area contributed by atoms with Crippen LogP contribution in [0.3, 0.4) is 0 Å². The number of ether oxygens (including phenoxy) is 1. The van der Waals surface area contributed by atoms with E-state index in [1.807, 2.05) is 13.8 Å². The van der Waals surface area contributed by atoms with Crippen LogP contribution in [0.5, 0.6) is 0 Å². The number of benzene rings is 1. The average Bonchev–Trinajstić information content (AvgIpc) is 3.01. The highest BCUT2D eigenvalue weighted by Crippen LogP contribution is 2.34. The van der Waals surface area contributed by atoms with Crippen LogP contribution in [-0.2, 0) is 17.6 Å². The van der Waals surface area contributed by atoms with Gasteiger partial charge in [-0.3, -0.25) is 4.90 Å². The van der Waals surface area contributed by atoms with Crippen LogP contribution in [0.15, 0.2) is 12.1 Å². The van der Waals surface area contributed by atoms with Gasteiger partial charge in [0.1, 0.15) is 0 Å². The molecule has 0 amide bonds. The molecular weight excluding hydrogens is 344 g/mol. The standard InChI is InChI=1S/C20H27ClN2O.C2H6/c1-13(2)24-12-15-6-14(3)23(11-15)19-4-5-20-16(9-19)7-18(21)8-17(20)10-22;1-2/h7-8,13-15,19H,4-6,9,11-12H2,1-3H3;1-2H3. The van der Waals surface area contributed by atoms with Crippen LogP contribution in [0.4, 0.5) is 0 Å². The number of halogens is 1. The third kappa shape index (κ3) is 5.00. The van der Waals surface area contributed by atoms with Gasteiger partial charge in [0.2, 0.25) is 0 Å². The normalized spacial score (nSPS) is 25.4. The molecule has 0 spiro atoms. The van der Waals surface area contributed by atoms with E-state index in [1.165, 1.54) is 17.5 Å². The van der Waals surface area contributed by atoms with Gasteiger partial charge in [0.05, 0.1) is 24.3 Å². The quantitative estimate of drug-likeness (QED) is 0.721. The van der Waals surface area contributed by atoms with Gasteiger partial charge < -0.3 is 4.74 Å². The fourth-order valence-electron chi connectivity index (χ4n) is 4.35. The smallest absolute Gasteiger partial charge is 0.0995 e. The summed E-state index contributed by atoms with van der Waals surface area (Å²) in [4.78, 5) is 2.66. The molecule has 1 aliphatic carbocycles. The van der Waals surface area contributed by atoms with E-state index in [0.717, 1.165) is 38.0 Å². The van der Waals surface area contributed by atoms with Crippen molar-refractivity contribution in [1.29, 1.82) is 5.26 Å². The molecule has 4 heteroatoms. The van der Waals surface area contributed by atoms with Crippen LogP contribution in [0.2, 0.25) is 5.02 Å². The molecule has 0 radical (unpaired) electrons. The van der Waals surface area contributed by atoms with Crippen molar-refractivity contribution in [2.75, 3.05) is 13.2 Å². The van der Waals surface area contributed by atoms with Crippen molar-refractivity contribution in [3.63, 3.8) is 0 Å². The first kappa shape index (κ1) is 21.2. The first-order valence-electron chi connectivity index (χ1n) is 10.1. The number of likely N-dealkylation sites (tertiary alicyclic amines) is 1. The van der Waals surface area contributed by atoms with E-state index in [9.17, 15) is 5.26 Å². The topological polar surface area (TPSA) is 36.3 Å². The second kappa shape index (κ2) is 9.74. The molecule has 3 nitrogen and oxygen atoms in total. The van der Waals surface area contributed by atoms with Gasteiger partial charge in [-0.15, -0.1) is 0 Å². The minimum absolute atomic E-state index is 0.308. The molecule has 144 valence electrons. The second-order valence-corrected chi connectivity index (χ2v) is 8.07. The molecule has 1 heterocycles.